The quantitative estimate of drug-likeness (QED) is 0.324. The number of methoxy groups -OCH3 is 1. The summed E-state index contributed by atoms with van der Waals surface area (Å²) in [6.45, 7) is 1.83. The molecule has 2 aromatic rings. The third-order valence-corrected chi connectivity index (χ3v) is 8.48. The number of benzene rings is 1. The van der Waals surface area contributed by atoms with Crippen LogP contribution in [-0.4, -0.2) is 62.5 Å². The maximum absolute atomic E-state index is 13.5. The van der Waals surface area contributed by atoms with Crippen LogP contribution in [-0.2, 0) is 25.5 Å². The average molecular weight is 510 g/mol. The Bertz CT molecular complexity index is 1140. The highest BCUT2D eigenvalue weighted by molar-refractivity contribution is 8.02. The number of thioether (sulfide) groups is 2. The highest BCUT2D eigenvalue weighted by Crippen LogP contribution is 2.44. The fourth-order valence-corrected chi connectivity index (χ4v) is 6.90. The number of fused-ring (bicyclic) bond motifs is 1. The Hall–Kier alpha value is -2.48. The van der Waals surface area contributed by atoms with Crippen LogP contribution < -0.4 is 11.1 Å². The van der Waals surface area contributed by atoms with Gasteiger partial charge in [0.15, 0.2) is 4.34 Å². The Morgan fingerprint density at radius 3 is 2.82 bits per heavy atom. The SMILES string of the molecule is COC(=O)C1=C(CSc2nnc(C)s2)C(NC(=O)Cc2cccc(F)c2)S[C@@H]2C(N)C(=O)N12. The molecule has 0 radical (unpaired) electrons. The molecule has 2 unspecified atom stereocenters. The number of nitrogens with two attached hydrogens (primary N) is 1. The predicted molar refractivity (Wildman–Crippen MR) is 123 cm³/mol. The number of nitrogens with one attached hydrogen (secondary N) is 1. The molecule has 1 fully saturated rings. The van der Waals surface area contributed by atoms with Crippen molar-refractivity contribution in [2.24, 2.45) is 5.73 Å². The molecule has 9 nitrogen and oxygen atoms in total. The van der Waals surface area contributed by atoms with Crippen LogP contribution in [0.5, 0.6) is 0 Å². The monoisotopic (exact) mass is 509 g/mol. The number of aromatic nitrogens is 2. The van der Waals surface area contributed by atoms with Crippen molar-refractivity contribution in [3.05, 3.63) is 51.9 Å². The summed E-state index contributed by atoms with van der Waals surface area (Å²) in [5.41, 5.74) is 7.07. The van der Waals surface area contributed by atoms with Gasteiger partial charge in [-0.1, -0.05) is 35.2 Å². The van der Waals surface area contributed by atoms with E-state index in [9.17, 15) is 18.8 Å². The van der Waals surface area contributed by atoms with E-state index in [2.05, 4.69) is 15.5 Å². The predicted octanol–water partition coefficient (Wildman–Crippen LogP) is 1.43. The van der Waals surface area contributed by atoms with Gasteiger partial charge >= 0.3 is 5.97 Å². The van der Waals surface area contributed by atoms with Crippen molar-refractivity contribution in [2.75, 3.05) is 12.9 Å². The number of aryl methyl sites for hydroxylation is 1. The molecule has 1 saturated heterocycles. The standard InChI is InChI=1S/C20H20FN5O4S3/c1-9-24-25-20(32-9)31-8-12-15(19(29)30-2)26-17(28)14(22)18(26)33-16(12)23-13(27)7-10-4-3-5-11(21)6-10/h3-6,14,16,18H,7-8,22H2,1-2H3,(H,23,27)/t14?,16?,18-/m1/s1. The third kappa shape index (κ3) is 4.90. The molecule has 0 aliphatic carbocycles. The summed E-state index contributed by atoms with van der Waals surface area (Å²) in [6, 6.07) is 4.99. The molecule has 1 aromatic heterocycles. The Labute approximate surface area is 201 Å². The first-order valence-corrected chi connectivity index (χ1v) is 12.5. The second kappa shape index (κ2) is 9.79. The lowest BCUT2D eigenvalue weighted by molar-refractivity contribution is -0.149. The van der Waals surface area contributed by atoms with Crippen molar-refractivity contribution in [3.8, 4) is 0 Å². The number of esters is 1. The smallest absolute Gasteiger partial charge is 0.354 e. The van der Waals surface area contributed by atoms with Crippen molar-refractivity contribution in [2.45, 2.75) is 34.5 Å². The second-order valence-corrected chi connectivity index (χ2v) is 10.9. The van der Waals surface area contributed by atoms with Crippen LogP contribution in [0.4, 0.5) is 4.39 Å². The highest BCUT2D eigenvalue weighted by Gasteiger charge is 2.54. The molecule has 2 amide bonds. The number of carbonyl (C=O) groups is 3. The molecule has 1 aromatic carbocycles. The topological polar surface area (TPSA) is 128 Å². The van der Waals surface area contributed by atoms with Gasteiger partial charge in [0.1, 0.15) is 33.3 Å². The molecule has 0 bridgehead atoms. The molecule has 2 aliphatic rings. The first kappa shape index (κ1) is 23.7. The summed E-state index contributed by atoms with van der Waals surface area (Å²) in [5.74, 6) is -1.59. The van der Waals surface area contributed by atoms with Crippen molar-refractivity contribution >= 4 is 52.6 Å². The van der Waals surface area contributed by atoms with E-state index in [1.54, 1.807) is 6.07 Å². The van der Waals surface area contributed by atoms with E-state index in [1.165, 1.54) is 65.1 Å². The molecule has 0 saturated carbocycles. The van der Waals surface area contributed by atoms with Gasteiger partial charge in [-0.15, -0.1) is 22.0 Å². The number of rotatable bonds is 7. The lowest BCUT2D eigenvalue weighted by Gasteiger charge is -2.50. The average Bonchev–Trinajstić information content (AvgIpc) is 3.21. The van der Waals surface area contributed by atoms with Crippen LogP contribution in [0.3, 0.4) is 0 Å². The van der Waals surface area contributed by atoms with Crippen molar-refractivity contribution in [1.29, 1.82) is 0 Å². The number of nitrogens with zero attached hydrogens (tertiary/aromatic N) is 3. The van der Waals surface area contributed by atoms with Gasteiger partial charge in [-0.05, 0) is 24.6 Å². The highest BCUT2D eigenvalue weighted by atomic mass is 32.2. The van der Waals surface area contributed by atoms with Crippen LogP contribution in [0.2, 0.25) is 0 Å². The van der Waals surface area contributed by atoms with Crippen molar-refractivity contribution < 1.29 is 23.5 Å². The zero-order chi connectivity index (χ0) is 23.7. The minimum Gasteiger partial charge on any atom is -0.464 e. The number of β-lactam (4-membered cyclic amide) rings is 1. The minimum atomic E-state index is -0.794. The Morgan fingerprint density at radius 1 is 1.36 bits per heavy atom. The van der Waals surface area contributed by atoms with E-state index in [-0.39, 0.29) is 29.7 Å². The lowest BCUT2D eigenvalue weighted by atomic mass is 10.0. The molecule has 3 heterocycles. The van der Waals surface area contributed by atoms with Gasteiger partial charge in [-0.25, -0.2) is 9.18 Å². The minimum absolute atomic E-state index is 0.0439. The molecular formula is C20H20FN5O4S3. The van der Waals surface area contributed by atoms with Crippen LogP contribution in [0, 0.1) is 12.7 Å². The summed E-state index contributed by atoms with van der Waals surface area (Å²) < 4.78 is 19.1. The van der Waals surface area contributed by atoms with Gasteiger partial charge in [0.05, 0.1) is 13.5 Å². The molecular weight excluding hydrogens is 489 g/mol. The van der Waals surface area contributed by atoms with Crippen molar-refractivity contribution in [3.63, 3.8) is 0 Å². The van der Waals surface area contributed by atoms with Gasteiger partial charge in [0.2, 0.25) is 11.8 Å². The fraction of sp³-hybridized carbons (Fsp3) is 0.350. The number of carbonyl (C=O) groups excluding carboxylic acids is 3. The molecule has 3 atom stereocenters. The number of ether oxygens (including phenoxy) is 1. The van der Waals surface area contributed by atoms with Gasteiger partial charge in [0, 0.05) is 11.3 Å². The number of amides is 2. The molecule has 2 aliphatic heterocycles. The Morgan fingerprint density at radius 2 is 2.15 bits per heavy atom. The van der Waals surface area contributed by atoms with Crippen LogP contribution >= 0.6 is 34.9 Å². The normalized spacial score (nSPS) is 22.0. The molecule has 4 rings (SSSR count). The summed E-state index contributed by atoms with van der Waals surface area (Å²) in [5, 5.41) is 10.6. The van der Waals surface area contributed by atoms with Crippen LogP contribution in [0.15, 0.2) is 39.9 Å². The maximum atomic E-state index is 13.5. The Balaban J connectivity index is 1.62. The van der Waals surface area contributed by atoms with Crippen molar-refractivity contribution in [1.82, 2.24) is 20.4 Å². The van der Waals surface area contributed by atoms with Gasteiger partial charge in [-0.2, -0.15) is 0 Å². The zero-order valence-corrected chi connectivity index (χ0v) is 20.1. The van der Waals surface area contributed by atoms with Gasteiger partial charge < -0.3 is 15.8 Å². The van der Waals surface area contributed by atoms with E-state index in [0.29, 0.717) is 15.5 Å². The largest absolute Gasteiger partial charge is 0.464 e. The molecule has 174 valence electrons. The summed E-state index contributed by atoms with van der Waals surface area (Å²) in [6.07, 6.45) is -0.0439. The maximum Gasteiger partial charge on any atom is 0.354 e. The summed E-state index contributed by atoms with van der Waals surface area (Å²) in [4.78, 5) is 39.2. The molecule has 3 N–H and O–H groups in total. The van der Waals surface area contributed by atoms with Crippen LogP contribution in [0.25, 0.3) is 0 Å². The van der Waals surface area contributed by atoms with Gasteiger partial charge in [0.25, 0.3) is 0 Å². The first-order valence-electron chi connectivity index (χ1n) is 9.80. The van der Waals surface area contributed by atoms with E-state index in [4.69, 9.17) is 10.5 Å². The number of hydrogen-bond acceptors (Lipinski definition) is 10. The van der Waals surface area contributed by atoms with E-state index in [1.807, 2.05) is 6.92 Å². The van der Waals surface area contributed by atoms with E-state index in [0.717, 1.165) is 5.01 Å². The zero-order valence-electron chi connectivity index (χ0n) is 17.6. The molecule has 0 spiro atoms. The third-order valence-electron chi connectivity index (χ3n) is 5.00. The Kier molecular flexibility index (Phi) is 7.02. The lowest BCUT2D eigenvalue weighted by Crippen LogP contribution is -2.70. The van der Waals surface area contributed by atoms with Gasteiger partial charge in [-0.3, -0.25) is 14.5 Å². The second-order valence-electron chi connectivity index (χ2n) is 7.26. The van der Waals surface area contributed by atoms with E-state index >= 15 is 0 Å². The molecule has 33 heavy (non-hydrogen) atoms. The van der Waals surface area contributed by atoms with E-state index < -0.39 is 28.6 Å². The summed E-state index contributed by atoms with van der Waals surface area (Å²) in [7, 11) is 1.23. The van der Waals surface area contributed by atoms with Crippen LogP contribution in [0.1, 0.15) is 10.6 Å². The summed E-state index contributed by atoms with van der Waals surface area (Å²) >= 11 is 4.02. The first-order chi connectivity index (χ1) is 15.8. The fourth-order valence-electron chi connectivity index (χ4n) is 3.47. The number of hydrogen-bond donors (Lipinski definition) is 2. The number of halogens is 1. The molecule has 13 heteroatoms.